The minimum atomic E-state index is -0.472. The van der Waals surface area contributed by atoms with Gasteiger partial charge in [-0.1, -0.05) is 18.2 Å². The summed E-state index contributed by atoms with van der Waals surface area (Å²) in [6, 6.07) is 0. The topological polar surface area (TPSA) is 26.3 Å². The van der Waals surface area contributed by atoms with Crippen LogP contribution in [0.1, 0.15) is 0 Å². The molecule has 0 aromatic rings. The van der Waals surface area contributed by atoms with Gasteiger partial charge in [-0.25, -0.2) is 4.79 Å². The van der Waals surface area contributed by atoms with Crippen LogP contribution < -0.4 is 0 Å². The predicted molar refractivity (Wildman–Crippen MR) is 32.9 cm³/mol. The Balaban J connectivity index is 3.17. The highest BCUT2D eigenvalue weighted by Gasteiger charge is 1.89. The summed E-state index contributed by atoms with van der Waals surface area (Å²) in [7, 11) is 0. The zero-order valence-electron chi connectivity index (χ0n) is 3.46. The Bertz CT molecular complexity index is 81.0. The van der Waals surface area contributed by atoms with Crippen molar-refractivity contribution in [3.63, 3.8) is 0 Å². The average molecular weight is 136 g/mol. The number of hydrogen-bond donors (Lipinski definition) is 1. The average Bonchev–Trinajstić information content (AvgIpc) is 1.68. The maximum atomic E-state index is 10.0. The van der Waals surface area contributed by atoms with Crippen LogP contribution >= 0.6 is 22.7 Å². The van der Waals surface area contributed by atoms with Crippen molar-refractivity contribution in [2.24, 2.45) is 0 Å². The first-order valence-electron chi connectivity index (χ1n) is 1.45. The van der Waals surface area contributed by atoms with Crippen molar-refractivity contribution in [3.8, 4) is 0 Å². The fourth-order valence-electron chi connectivity index (χ4n) is 0.0708. The lowest BCUT2D eigenvalue weighted by atomic mass is 10.7. The van der Waals surface area contributed by atoms with Crippen LogP contribution in [0.25, 0.3) is 0 Å². The Morgan fingerprint density at radius 3 is 2.71 bits per heavy atom. The number of thiol groups is 1. The van der Waals surface area contributed by atoms with Gasteiger partial charge in [-0.3, -0.25) is 0 Å². The minimum Gasteiger partial charge on any atom is -0.377 e. The molecule has 40 valence electrons. The SMILES string of the molecule is C=CC(=O)OSS. The molecule has 0 aliphatic carbocycles. The van der Waals surface area contributed by atoms with E-state index in [2.05, 4.69) is 22.4 Å². The van der Waals surface area contributed by atoms with Crippen LogP contribution in [0.3, 0.4) is 0 Å². The molecule has 0 aliphatic rings. The number of rotatable bonds is 2. The third-order valence-corrected chi connectivity index (χ3v) is 0.748. The Labute approximate surface area is 50.9 Å². The first kappa shape index (κ1) is 6.91. The van der Waals surface area contributed by atoms with Gasteiger partial charge in [0, 0.05) is 6.08 Å². The van der Waals surface area contributed by atoms with Crippen molar-refractivity contribution < 1.29 is 8.98 Å². The summed E-state index contributed by atoms with van der Waals surface area (Å²) in [5.41, 5.74) is 0. The van der Waals surface area contributed by atoms with Crippen molar-refractivity contribution in [2.45, 2.75) is 0 Å². The van der Waals surface area contributed by atoms with E-state index in [1.165, 1.54) is 0 Å². The van der Waals surface area contributed by atoms with Gasteiger partial charge in [0.2, 0.25) is 0 Å². The maximum absolute atomic E-state index is 10.0. The van der Waals surface area contributed by atoms with Gasteiger partial charge in [0.05, 0.1) is 0 Å². The zero-order chi connectivity index (χ0) is 5.70. The monoisotopic (exact) mass is 136 g/mol. The first-order valence-corrected chi connectivity index (χ1v) is 3.25. The maximum Gasteiger partial charge on any atom is 0.342 e. The molecule has 0 radical (unpaired) electrons. The van der Waals surface area contributed by atoms with Crippen LogP contribution in [0.5, 0.6) is 0 Å². The van der Waals surface area contributed by atoms with Gasteiger partial charge in [-0.05, 0) is 0 Å². The van der Waals surface area contributed by atoms with E-state index in [9.17, 15) is 4.79 Å². The molecule has 0 unspecified atom stereocenters. The summed E-state index contributed by atoms with van der Waals surface area (Å²) in [5, 5.41) is 0. The van der Waals surface area contributed by atoms with E-state index in [4.69, 9.17) is 0 Å². The quantitative estimate of drug-likeness (QED) is 0.267. The predicted octanol–water partition coefficient (Wildman–Crippen LogP) is 1.21. The lowest BCUT2D eigenvalue weighted by Crippen LogP contribution is -1.88. The van der Waals surface area contributed by atoms with Gasteiger partial charge in [0.25, 0.3) is 0 Å². The standard InChI is InChI=1S/C3H4O2S2/c1-2-3(4)5-7-6/h2,6H,1H2. The number of hydrogen-bond acceptors (Lipinski definition) is 4. The van der Waals surface area contributed by atoms with Crippen LogP contribution in [0.2, 0.25) is 0 Å². The third kappa shape index (κ3) is 3.75. The molecule has 0 aromatic carbocycles. The van der Waals surface area contributed by atoms with Gasteiger partial charge in [-0.2, -0.15) is 0 Å². The molecule has 4 heteroatoms. The molecule has 2 nitrogen and oxygen atoms in total. The highest BCUT2D eigenvalue weighted by atomic mass is 33.1. The number of carbonyl (C=O) groups is 1. The van der Waals surface area contributed by atoms with Crippen LogP contribution in [-0.2, 0) is 8.98 Å². The summed E-state index contributed by atoms with van der Waals surface area (Å²) < 4.78 is 4.21. The summed E-state index contributed by atoms with van der Waals surface area (Å²) in [6.07, 6.45) is 1.07. The van der Waals surface area contributed by atoms with E-state index < -0.39 is 5.97 Å². The molecular formula is C3H4O2S2. The lowest BCUT2D eigenvalue weighted by molar-refractivity contribution is -0.127. The van der Waals surface area contributed by atoms with E-state index in [1.54, 1.807) is 0 Å². The Kier molecular flexibility index (Phi) is 4.03. The molecule has 0 N–H and O–H groups in total. The summed E-state index contributed by atoms with van der Waals surface area (Å²) >= 11 is 4.25. The molecule has 0 aliphatic heterocycles. The fourth-order valence-corrected chi connectivity index (χ4v) is 0.433. The van der Waals surface area contributed by atoms with E-state index >= 15 is 0 Å². The second kappa shape index (κ2) is 4.08. The lowest BCUT2D eigenvalue weighted by Gasteiger charge is -1.86. The van der Waals surface area contributed by atoms with Crippen molar-refractivity contribution >= 4 is 28.7 Å². The fraction of sp³-hybridized carbons (Fsp3) is 0. The summed E-state index contributed by atoms with van der Waals surface area (Å²) in [5.74, 6) is -0.472. The van der Waals surface area contributed by atoms with E-state index in [0.29, 0.717) is 11.1 Å². The Hall–Kier alpha value is -0.0900. The molecule has 0 saturated heterocycles. The third-order valence-electron chi connectivity index (χ3n) is 0.286. The Morgan fingerprint density at radius 1 is 2.00 bits per heavy atom. The van der Waals surface area contributed by atoms with Crippen LogP contribution in [0.4, 0.5) is 0 Å². The Morgan fingerprint density at radius 2 is 2.57 bits per heavy atom. The summed E-state index contributed by atoms with van der Waals surface area (Å²) in [6.45, 7) is 3.16. The molecule has 0 saturated carbocycles. The van der Waals surface area contributed by atoms with Crippen molar-refractivity contribution in [3.05, 3.63) is 12.7 Å². The molecule has 0 bridgehead atoms. The minimum absolute atomic E-state index is 0.472. The van der Waals surface area contributed by atoms with Gasteiger partial charge >= 0.3 is 5.97 Å². The largest absolute Gasteiger partial charge is 0.377 e. The van der Waals surface area contributed by atoms with Gasteiger partial charge < -0.3 is 4.18 Å². The van der Waals surface area contributed by atoms with E-state index in [-0.39, 0.29) is 0 Å². The molecule has 0 aromatic heterocycles. The van der Waals surface area contributed by atoms with Crippen LogP contribution in [0, 0.1) is 0 Å². The van der Waals surface area contributed by atoms with Crippen molar-refractivity contribution in [1.29, 1.82) is 0 Å². The number of carbonyl (C=O) groups excluding carboxylic acids is 1. The van der Waals surface area contributed by atoms with Gasteiger partial charge in [0.15, 0.2) is 0 Å². The molecule has 0 amide bonds. The van der Waals surface area contributed by atoms with Crippen LogP contribution in [0.15, 0.2) is 12.7 Å². The molecule has 7 heavy (non-hydrogen) atoms. The highest BCUT2D eigenvalue weighted by molar-refractivity contribution is 8.66. The molecule has 0 spiro atoms. The first-order chi connectivity index (χ1) is 3.31. The second-order valence-electron chi connectivity index (χ2n) is 0.681. The van der Waals surface area contributed by atoms with E-state index in [1.807, 2.05) is 0 Å². The van der Waals surface area contributed by atoms with Crippen LogP contribution in [-0.4, -0.2) is 5.97 Å². The van der Waals surface area contributed by atoms with Gasteiger partial charge in [0.1, 0.15) is 11.1 Å². The van der Waals surface area contributed by atoms with Gasteiger partial charge in [-0.15, -0.1) is 0 Å². The summed E-state index contributed by atoms with van der Waals surface area (Å²) in [4.78, 5) is 10.0. The molecule has 0 rings (SSSR count). The molecule has 0 atom stereocenters. The second-order valence-corrected chi connectivity index (χ2v) is 1.44. The zero-order valence-corrected chi connectivity index (χ0v) is 5.17. The highest BCUT2D eigenvalue weighted by Crippen LogP contribution is 2.05. The molecule has 0 fully saturated rings. The van der Waals surface area contributed by atoms with Crippen molar-refractivity contribution in [2.75, 3.05) is 0 Å². The normalized spacial score (nSPS) is 7.57. The van der Waals surface area contributed by atoms with E-state index in [0.717, 1.165) is 6.08 Å². The van der Waals surface area contributed by atoms with Crippen molar-refractivity contribution in [1.82, 2.24) is 0 Å². The molecule has 0 heterocycles. The molecular weight excluding hydrogens is 132 g/mol. The smallest absolute Gasteiger partial charge is 0.342 e.